The molecule has 98 valence electrons. The van der Waals surface area contributed by atoms with Crippen molar-refractivity contribution in [2.24, 2.45) is 0 Å². The summed E-state index contributed by atoms with van der Waals surface area (Å²) in [4.78, 5) is 16.5. The molecule has 0 aliphatic carbocycles. The van der Waals surface area contributed by atoms with Crippen LogP contribution in [0.5, 0.6) is 0 Å². The van der Waals surface area contributed by atoms with E-state index in [9.17, 15) is 4.79 Å². The summed E-state index contributed by atoms with van der Waals surface area (Å²) in [5, 5.41) is 4.08. The first-order chi connectivity index (χ1) is 8.98. The Morgan fingerprint density at radius 2 is 1.74 bits per heavy atom. The van der Waals surface area contributed by atoms with Gasteiger partial charge in [0.1, 0.15) is 5.82 Å². The van der Waals surface area contributed by atoms with Crippen molar-refractivity contribution in [1.29, 1.82) is 0 Å². The van der Waals surface area contributed by atoms with Gasteiger partial charge in [-0.05, 0) is 23.4 Å². The van der Waals surface area contributed by atoms with Gasteiger partial charge in [0.15, 0.2) is 0 Å². The second-order valence-corrected chi connectivity index (χ2v) is 10.5. The molecule has 1 aromatic heterocycles. The normalized spacial score (nSPS) is 11.1. The maximum atomic E-state index is 12.2. The highest BCUT2D eigenvalue weighted by atomic mass is 28.3. The fourth-order valence-electron chi connectivity index (χ4n) is 1.88. The van der Waals surface area contributed by atoms with E-state index in [-0.39, 0.29) is 5.91 Å². The van der Waals surface area contributed by atoms with Crippen molar-refractivity contribution in [3.63, 3.8) is 0 Å². The maximum Gasteiger partial charge on any atom is 0.256 e. The van der Waals surface area contributed by atoms with Gasteiger partial charge in [-0.1, -0.05) is 43.9 Å². The minimum absolute atomic E-state index is 0.112. The molecule has 0 spiro atoms. The molecule has 0 radical (unpaired) electrons. The van der Waals surface area contributed by atoms with Crippen molar-refractivity contribution >= 4 is 25.0 Å². The van der Waals surface area contributed by atoms with E-state index in [0.29, 0.717) is 11.4 Å². The second-order valence-electron chi connectivity index (χ2n) is 5.47. The van der Waals surface area contributed by atoms with Crippen molar-refractivity contribution in [3.8, 4) is 0 Å². The monoisotopic (exact) mass is 270 g/mol. The number of anilines is 1. The number of pyridine rings is 1. The summed E-state index contributed by atoms with van der Waals surface area (Å²) >= 11 is 0. The van der Waals surface area contributed by atoms with E-state index in [0.717, 1.165) is 0 Å². The van der Waals surface area contributed by atoms with Gasteiger partial charge in [-0.25, -0.2) is 4.98 Å². The molecule has 0 aliphatic heterocycles. The Morgan fingerprint density at radius 1 is 1.05 bits per heavy atom. The van der Waals surface area contributed by atoms with E-state index >= 15 is 0 Å². The molecule has 0 bridgehead atoms. The summed E-state index contributed by atoms with van der Waals surface area (Å²) in [6.07, 6.45) is 1.71. The highest BCUT2D eigenvalue weighted by Gasteiger charge is 2.21. The number of nitrogens with one attached hydrogen (secondary N) is 1. The van der Waals surface area contributed by atoms with Gasteiger partial charge in [0.05, 0.1) is 8.07 Å². The van der Waals surface area contributed by atoms with E-state index in [2.05, 4.69) is 36.0 Å². The van der Waals surface area contributed by atoms with Crippen LogP contribution in [0.2, 0.25) is 19.6 Å². The smallest absolute Gasteiger partial charge is 0.256 e. The fraction of sp³-hybridized carbons (Fsp3) is 0.200. The number of hydrogen-bond acceptors (Lipinski definition) is 2. The Bertz CT molecular complexity index is 576. The minimum atomic E-state index is -1.52. The lowest BCUT2D eigenvalue weighted by atomic mass is 10.2. The lowest BCUT2D eigenvalue weighted by Gasteiger charge is -2.20. The third-order valence-electron chi connectivity index (χ3n) is 2.88. The van der Waals surface area contributed by atoms with Crippen LogP contribution in [0, 0.1) is 0 Å². The Hall–Kier alpha value is -1.94. The Kier molecular flexibility index (Phi) is 3.81. The number of carbonyl (C=O) groups is 1. The number of benzene rings is 1. The van der Waals surface area contributed by atoms with Gasteiger partial charge in [0.2, 0.25) is 0 Å². The molecule has 1 heterocycles. The standard InChI is InChI=1S/C15H18N2OSi/c1-19(2,3)13-10-7-11-16-14(13)17-15(18)12-8-5-4-6-9-12/h4-11H,1-3H3,(H,16,17,18). The van der Waals surface area contributed by atoms with Crippen molar-refractivity contribution in [3.05, 3.63) is 54.2 Å². The lowest BCUT2D eigenvalue weighted by Crippen LogP contribution is -2.40. The number of amides is 1. The zero-order chi connectivity index (χ0) is 13.9. The molecule has 19 heavy (non-hydrogen) atoms. The minimum Gasteiger partial charge on any atom is -0.307 e. The van der Waals surface area contributed by atoms with E-state index < -0.39 is 8.07 Å². The van der Waals surface area contributed by atoms with Crippen LogP contribution in [0.4, 0.5) is 5.82 Å². The van der Waals surface area contributed by atoms with Gasteiger partial charge in [0, 0.05) is 11.8 Å². The lowest BCUT2D eigenvalue weighted by molar-refractivity contribution is 0.102. The topological polar surface area (TPSA) is 42.0 Å². The van der Waals surface area contributed by atoms with Crippen LogP contribution < -0.4 is 10.5 Å². The van der Waals surface area contributed by atoms with Crippen LogP contribution in [0.15, 0.2) is 48.7 Å². The molecule has 0 unspecified atom stereocenters. The summed E-state index contributed by atoms with van der Waals surface area (Å²) in [6, 6.07) is 13.2. The second kappa shape index (κ2) is 5.36. The summed E-state index contributed by atoms with van der Waals surface area (Å²) in [6.45, 7) is 6.71. The van der Waals surface area contributed by atoms with E-state index in [1.54, 1.807) is 18.3 Å². The van der Waals surface area contributed by atoms with Crippen molar-refractivity contribution < 1.29 is 4.79 Å². The first-order valence-electron chi connectivity index (χ1n) is 6.30. The van der Waals surface area contributed by atoms with Crippen molar-refractivity contribution in [1.82, 2.24) is 4.98 Å². The quantitative estimate of drug-likeness (QED) is 0.871. The van der Waals surface area contributed by atoms with Gasteiger partial charge in [-0.3, -0.25) is 4.79 Å². The summed E-state index contributed by atoms with van der Waals surface area (Å²) < 4.78 is 0. The predicted octanol–water partition coefficient (Wildman–Crippen LogP) is 2.88. The van der Waals surface area contributed by atoms with Gasteiger partial charge in [-0.2, -0.15) is 0 Å². The van der Waals surface area contributed by atoms with Crippen molar-refractivity contribution in [2.45, 2.75) is 19.6 Å². The average molecular weight is 270 g/mol. The van der Waals surface area contributed by atoms with Crippen LogP contribution in [-0.2, 0) is 0 Å². The van der Waals surface area contributed by atoms with Gasteiger partial charge < -0.3 is 5.32 Å². The number of nitrogens with zero attached hydrogens (tertiary/aromatic N) is 1. The number of rotatable bonds is 3. The summed E-state index contributed by atoms with van der Waals surface area (Å²) in [5.74, 6) is 0.578. The molecule has 1 aromatic carbocycles. The number of hydrogen-bond donors (Lipinski definition) is 1. The van der Waals surface area contributed by atoms with Crippen LogP contribution in [0.1, 0.15) is 10.4 Å². The molecule has 0 fully saturated rings. The zero-order valence-corrected chi connectivity index (χ0v) is 12.5. The molecular formula is C15H18N2OSi. The third-order valence-corrected chi connectivity index (χ3v) is 4.90. The SMILES string of the molecule is C[Si](C)(C)c1cccnc1NC(=O)c1ccccc1. The van der Waals surface area contributed by atoms with Gasteiger partial charge in [0.25, 0.3) is 5.91 Å². The first-order valence-corrected chi connectivity index (χ1v) is 9.80. The Labute approximate surface area is 114 Å². The Morgan fingerprint density at radius 3 is 2.37 bits per heavy atom. The molecule has 3 nitrogen and oxygen atoms in total. The molecular weight excluding hydrogens is 252 g/mol. The van der Waals surface area contributed by atoms with Crippen LogP contribution in [0.25, 0.3) is 0 Å². The molecule has 2 rings (SSSR count). The predicted molar refractivity (Wildman–Crippen MR) is 81.6 cm³/mol. The molecule has 0 atom stereocenters. The molecule has 4 heteroatoms. The highest BCUT2D eigenvalue weighted by Crippen LogP contribution is 2.10. The molecule has 0 aliphatic rings. The number of carbonyl (C=O) groups excluding carboxylic acids is 1. The number of aromatic nitrogens is 1. The average Bonchev–Trinajstić information content (AvgIpc) is 2.39. The molecule has 1 N–H and O–H groups in total. The van der Waals surface area contributed by atoms with Crippen LogP contribution in [0.3, 0.4) is 0 Å². The van der Waals surface area contributed by atoms with Crippen LogP contribution >= 0.6 is 0 Å². The Balaban J connectivity index is 2.28. The molecule has 2 aromatic rings. The zero-order valence-electron chi connectivity index (χ0n) is 11.5. The van der Waals surface area contributed by atoms with Gasteiger partial charge in [-0.15, -0.1) is 0 Å². The molecule has 0 saturated heterocycles. The largest absolute Gasteiger partial charge is 0.307 e. The van der Waals surface area contributed by atoms with E-state index in [4.69, 9.17) is 0 Å². The van der Waals surface area contributed by atoms with Crippen LogP contribution in [-0.4, -0.2) is 19.0 Å². The third kappa shape index (κ3) is 3.29. The molecule has 0 saturated carbocycles. The fourth-order valence-corrected chi connectivity index (χ4v) is 3.31. The van der Waals surface area contributed by atoms with Gasteiger partial charge >= 0.3 is 0 Å². The van der Waals surface area contributed by atoms with E-state index in [1.165, 1.54) is 5.19 Å². The summed E-state index contributed by atoms with van der Waals surface area (Å²) in [5.41, 5.74) is 0.648. The van der Waals surface area contributed by atoms with Crippen molar-refractivity contribution in [2.75, 3.05) is 5.32 Å². The van der Waals surface area contributed by atoms with E-state index in [1.807, 2.05) is 24.3 Å². The first kappa shape index (κ1) is 13.5. The molecule has 1 amide bonds. The highest BCUT2D eigenvalue weighted by molar-refractivity contribution is 6.89. The maximum absolute atomic E-state index is 12.2. The summed E-state index contributed by atoms with van der Waals surface area (Å²) in [7, 11) is -1.52.